The van der Waals surface area contributed by atoms with Crippen molar-refractivity contribution < 1.29 is 4.39 Å². The van der Waals surface area contributed by atoms with Gasteiger partial charge in [0, 0.05) is 25.7 Å². The predicted molar refractivity (Wildman–Crippen MR) is 87.8 cm³/mol. The number of hydrogen-bond acceptors (Lipinski definition) is 4. The highest BCUT2D eigenvalue weighted by atomic mass is 35.5. The molecule has 0 spiro atoms. The van der Waals surface area contributed by atoms with Gasteiger partial charge in [0.25, 0.3) is 0 Å². The molecule has 2 heterocycles. The van der Waals surface area contributed by atoms with Gasteiger partial charge in [-0.25, -0.2) is 4.39 Å². The summed E-state index contributed by atoms with van der Waals surface area (Å²) in [6.07, 6.45) is 2.18. The molecule has 2 unspecified atom stereocenters. The summed E-state index contributed by atoms with van der Waals surface area (Å²) in [6, 6.07) is 5.36. The monoisotopic (exact) mass is 324 g/mol. The molecule has 22 heavy (non-hydrogen) atoms. The van der Waals surface area contributed by atoms with Crippen LogP contribution in [0.2, 0.25) is 5.02 Å². The quantitative estimate of drug-likeness (QED) is 0.897. The van der Waals surface area contributed by atoms with Crippen LogP contribution in [0.5, 0.6) is 0 Å². The van der Waals surface area contributed by atoms with Crippen LogP contribution in [-0.2, 0) is 0 Å². The minimum absolute atomic E-state index is 0.180. The van der Waals surface area contributed by atoms with Crippen molar-refractivity contribution in [1.82, 2.24) is 15.5 Å². The summed E-state index contributed by atoms with van der Waals surface area (Å²) in [5.41, 5.74) is 0.993. The van der Waals surface area contributed by atoms with Gasteiger partial charge >= 0.3 is 0 Å². The molecule has 0 bridgehead atoms. The van der Waals surface area contributed by atoms with E-state index in [0.717, 1.165) is 50.5 Å². The molecule has 3 rings (SSSR count). The molecule has 0 aromatic heterocycles. The van der Waals surface area contributed by atoms with E-state index in [1.807, 2.05) is 6.07 Å². The van der Waals surface area contributed by atoms with Crippen molar-refractivity contribution in [2.24, 2.45) is 10.9 Å². The van der Waals surface area contributed by atoms with Crippen LogP contribution in [0.1, 0.15) is 24.4 Å². The van der Waals surface area contributed by atoms with Gasteiger partial charge in [0.05, 0.1) is 5.02 Å². The first-order valence-electron chi connectivity index (χ1n) is 7.82. The molecule has 1 saturated heterocycles. The number of guanidine groups is 1. The zero-order valence-electron chi connectivity index (χ0n) is 12.8. The highest BCUT2D eigenvalue weighted by Crippen LogP contribution is 2.36. The highest BCUT2D eigenvalue weighted by molar-refractivity contribution is 6.30. The molecule has 2 atom stereocenters. The number of hydrogen-bond donors (Lipinski definition) is 2. The Kier molecular flexibility index (Phi) is 4.84. The van der Waals surface area contributed by atoms with E-state index in [1.165, 1.54) is 0 Å². The first kappa shape index (κ1) is 15.6. The van der Waals surface area contributed by atoms with Gasteiger partial charge in [-0.15, -0.1) is 0 Å². The zero-order chi connectivity index (χ0) is 15.5. The minimum Gasteiger partial charge on any atom is -0.356 e. The van der Waals surface area contributed by atoms with E-state index < -0.39 is 0 Å². The molecule has 6 heteroatoms. The molecule has 120 valence electrons. The Balaban J connectivity index is 1.70. The molecule has 0 radical (unpaired) electrons. The third-order valence-electron chi connectivity index (χ3n) is 4.49. The molecule has 2 aliphatic rings. The Labute approximate surface area is 135 Å². The molecule has 0 aliphatic carbocycles. The Hall–Kier alpha value is -1.33. The van der Waals surface area contributed by atoms with Crippen molar-refractivity contribution in [3.05, 3.63) is 34.6 Å². The van der Waals surface area contributed by atoms with E-state index in [-0.39, 0.29) is 16.9 Å². The van der Waals surface area contributed by atoms with Crippen LogP contribution >= 0.6 is 11.6 Å². The molecule has 2 aliphatic heterocycles. The van der Waals surface area contributed by atoms with Crippen molar-refractivity contribution in [1.29, 1.82) is 0 Å². The number of aliphatic imine (C=N–C) groups is 1. The van der Waals surface area contributed by atoms with Crippen LogP contribution in [0.25, 0.3) is 0 Å². The maximum Gasteiger partial charge on any atom is 0.191 e. The van der Waals surface area contributed by atoms with Gasteiger partial charge in [0.2, 0.25) is 0 Å². The van der Waals surface area contributed by atoms with E-state index in [2.05, 4.69) is 27.6 Å². The van der Waals surface area contributed by atoms with Crippen molar-refractivity contribution in [3.8, 4) is 0 Å². The first-order chi connectivity index (χ1) is 10.6. The summed E-state index contributed by atoms with van der Waals surface area (Å²) in [7, 11) is 2.09. The van der Waals surface area contributed by atoms with E-state index in [9.17, 15) is 4.39 Å². The van der Waals surface area contributed by atoms with Crippen molar-refractivity contribution in [2.75, 3.05) is 33.2 Å². The van der Waals surface area contributed by atoms with Crippen LogP contribution in [0.4, 0.5) is 4.39 Å². The maximum absolute atomic E-state index is 13.8. The van der Waals surface area contributed by atoms with Crippen LogP contribution in [0, 0.1) is 11.7 Å². The lowest BCUT2D eigenvalue weighted by Crippen LogP contribution is -2.43. The second kappa shape index (κ2) is 6.84. The number of rotatable bonds is 3. The number of nitrogens with zero attached hydrogens (tertiary/aromatic N) is 2. The van der Waals surface area contributed by atoms with E-state index >= 15 is 0 Å². The summed E-state index contributed by atoms with van der Waals surface area (Å²) in [4.78, 5) is 6.72. The summed E-state index contributed by atoms with van der Waals surface area (Å²) in [6.45, 7) is 3.71. The largest absolute Gasteiger partial charge is 0.356 e. The van der Waals surface area contributed by atoms with Crippen molar-refractivity contribution >= 4 is 17.6 Å². The second-order valence-electron chi connectivity index (χ2n) is 6.04. The number of nitrogens with one attached hydrogen (secondary N) is 2. The summed E-state index contributed by atoms with van der Waals surface area (Å²) in [5, 5.41) is 6.86. The molecule has 1 aromatic carbocycles. The van der Waals surface area contributed by atoms with Crippen LogP contribution in [0.15, 0.2) is 23.2 Å². The van der Waals surface area contributed by atoms with Crippen LogP contribution in [0.3, 0.4) is 0 Å². The van der Waals surface area contributed by atoms with Gasteiger partial charge in [-0.2, -0.15) is 0 Å². The lowest BCUT2D eigenvalue weighted by atomic mass is 9.93. The lowest BCUT2D eigenvalue weighted by molar-refractivity contribution is 0.275. The zero-order valence-corrected chi connectivity index (χ0v) is 13.5. The average Bonchev–Trinajstić information content (AvgIpc) is 2.90. The van der Waals surface area contributed by atoms with E-state index in [4.69, 9.17) is 11.6 Å². The Bertz CT molecular complexity index is 563. The normalized spacial score (nSPS) is 25.7. The Morgan fingerprint density at radius 2 is 2.36 bits per heavy atom. The molecule has 0 amide bonds. The molecular formula is C16H22ClFN4. The van der Waals surface area contributed by atoms with Gasteiger partial charge < -0.3 is 10.6 Å². The molecule has 1 fully saturated rings. The fourth-order valence-electron chi connectivity index (χ4n) is 3.34. The number of likely N-dealkylation sites (tertiary alicyclic amines) is 1. The van der Waals surface area contributed by atoms with E-state index in [0.29, 0.717) is 5.92 Å². The molecular weight excluding hydrogens is 303 g/mol. The van der Waals surface area contributed by atoms with Gasteiger partial charge in [-0.05, 0) is 50.0 Å². The predicted octanol–water partition coefficient (Wildman–Crippen LogP) is 2.41. The Morgan fingerprint density at radius 3 is 3.09 bits per heavy atom. The smallest absolute Gasteiger partial charge is 0.191 e. The lowest BCUT2D eigenvalue weighted by Gasteiger charge is -2.27. The third-order valence-corrected chi connectivity index (χ3v) is 4.79. The summed E-state index contributed by atoms with van der Waals surface area (Å²) >= 11 is 5.80. The summed E-state index contributed by atoms with van der Waals surface area (Å²) < 4.78 is 13.8. The maximum atomic E-state index is 13.8. The van der Waals surface area contributed by atoms with Crippen molar-refractivity contribution in [3.63, 3.8) is 0 Å². The van der Waals surface area contributed by atoms with E-state index in [1.54, 1.807) is 12.1 Å². The van der Waals surface area contributed by atoms with Gasteiger partial charge in [0.1, 0.15) is 5.82 Å². The molecule has 1 aromatic rings. The Morgan fingerprint density at radius 1 is 1.50 bits per heavy atom. The van der Waals surface area contributed by atoms with Crippen LogP contribution < -0.4 is 10.6 Å². The fraction of sp³-hybridized carbons (Fsp3) is 0.562. The first-order valence-corrected chi connectivity index (χ1v) is 8.20. The molecule has 4 nitrogen and oxygen atoms in total. The average molecular weight is 325 g/mol. The molecule has 0 saturated carbocycles. The number of halogens is 2. The standard InChI is InChI=1S/C16H22ClFN4/c1-22-8-5-12(10-21-16-19-6-2-7-20-16)15(22)11-3-4-13(17)14(18)9-11/h3-4,9,12,15H,2,5-8,10H2,1H3,(H2,19,20,21). The third kappa shape index (κ3) is 3.36. The topological polar surface area (TPSA) is 39.7 Å². The highest BCUT2D eigenvalue weighted by Gasteiger charge is 2.33. The van der Waals surface area contributed by atoms with Gasteiger partial charge in [0.15, 0.2) is 5.96 Å². The fourth-order valence-corrected chi connectivity index (χ4v) is 3.46. The van der Waals surface area contributed by atoms with Crippen molar-refractivity contribution in [2.45, 2.75) is 18.9 Å². The van der Waals surface area contributed by atoms with Gasteiger partial charge in [-0.1, -0.05) is 17.7 Å². The minimum atomic E-state index is -0.343. The summed E-state index contributed by atoms with van der Waals surface area (Å²) in [5.74, 6) is 0.975. The van der Waals surface area contributed by atoms with Gasteiger partial charge in [-0.3, -0.25) is 9.89 Å². The second-order valence-corrected chi connectivity index (χ2v) is 6.45. The molecule has 2 N–H and O–H groups in total. The van der Waals surface area contributed by atoms with Crippen LogP contribution in [-0.4, -0.2) is 44.1 Å². The number of benzene rings is 1. The SMILES string of the molecule is CN1CCC(CNC2=NCCCN2)C1c1ccc(Cl)c(F)c1.